The zero-order valence-electron chi connectivity index (χ0n) is 11.4. The lowest BCUT2D eigenvalue weighted by Crippen LogP contribution is -2.33. The first-order valence-corrected chi connectivity index (χ1v) is 8.61. The molecule has 0 amide bonds. The summed E-state index contributed by atoms with van der Waals surface area (Å²) in [5.74, 6) is 0.663. The lowest BCUT2D eigenvalue weighted by atomic mass is 9.99. The van der Waals surface area contributed by atoms with E-state index in [2.05, 4.69) is 4.98 Å². The van der Waals surface area contributed by atoms with E-state index in [0.29, 0.717) is 6.42 Å². The van der Waals surface area contributed by atoms with Crippen LogP contribution < -0.4 is 0 Å². The Morgan fingerprint density at radius 3 is 2.80 bits per heavy atom. The number of hydrogen-bond donors (Lipinski definition) is 1. The summed E-state index contributed by atoms with van der Waals surface area (Å²) in [6, 6.07) is 7.80. The molecular formula is C14H18N2O3S. The van der Waals surface area contributed by atoms with E-state index in [1.165, 1.54) is 0 Å². The van der Waals surface area contributed by atoms with Crippen molar-refractivity contribution in [3.8, 4) is 0 Å². The number of nitrogens with zero attached hydrogens (tertiary/aromatic N) is 2. The van der Waals surface area contributed by atoms with Crippen LogP contribution in [0, 0.1) is 0 Å². The molecule has 20 heavy (non-hydrogen) atoms. The third-order valence-electron chi connectivity index (χ3n) is 3.90. The fraction of sp³-hybridized carbons (Fsp3) is 0.500. The highest BCUT2D eigenvalue weighted by Crippen LogP contribution is 2.28. The van der Waals surface area contributed by atoms with Crippen molar-refractivity contribution < 1.29 is 13.5 Å². The van der Waals surface area contributed by atoms with Crippen LogP contribution in [-0.2, 0) is 22.8 Å². The summed E-state index contributed by atoms with van der Waals surface area (Å²) in [7, 11) is -3.11. The molecule has 1 unspecified atom stereocenters. The number of imidazole rings is 1. The number of para-hydroxylation sites is 2. The van der Waals surface area contributed by atoms with E-state index < -0.39 is 15.4 Å². The number of hydrogen-bond acceptors (Lipinski definition) is 4. The summed E-state index contributed by atoms with van der Waals surface area (Å²) in [5.41, 5.74) is 0.732. The molecule has 1 N–H and O–H groups in total. The minimum atomic E-state index is -3.11. The summed E-state index contributed by atoms with van der Waals surface area (Å²) in [5, 5.41) is 10.5. The molecular weight excluding hydrogens is 276 g/mol. The molecule has 0 radical (unpaired) electrons. The second kappa shape index (κ2) is 4.56. The van der Waals surface area contributed by atoms with Crippen molar-refractivity contribution in [2.75, 3.05) is 11.5 Å². The van der Waals surface area contributed by atoms with Gasteiger partial charge in [-0.1, -0.05) is 12.1 Å². The molecule has 0 spiro atoms. The number of sulfone groups is 1. The minimum Gasteiger partial charge on any atom is -0.388 e. The maximum atomic E-state index is 11.6. The lowest BCUT2D eigenvalue weighted by molar-refractivity contribution is 0.0653. The largest absolute Gasteiger partial charge is 0.388 e. The van der Waals surface area contributed by atoms with Crippen LogP contribution in [0.4, 0.5) is 0 Å². The Bertz CT molecular complexity index is 751. The normalized spacial score (nSPS) is 25.3. The van der Waals surface area contributed by atoms with Gasteiger partial charge in [0, 0.05) is 13.0 Å². The standard InChI is InChI=1S/C14H18N2O3S/c1-2-16-12-6-4-3-5-11(12)15-13(16)9-14(17)7-8-20(18,19)10-14/h3-6,17H,2,7-10H2,1H3. The first-order valence-electron chi connectivity index (χ1n) is 6.79. The Labute approximate surface area is 118 Å². The number of aliphatic hydroxyl groups is 1. The average molecular weight is 294 g/mol. The number of aryl methyl sites for hydroxylation is 1. The molecule has 0 saturated carbocycles. The summed E-state index contributed by atoms with van der Waals surface area (Å²) in [6.45, 7) is 2.77. The van der Waals surface area contributed by atoms with E-state index in [1.54, 1.807) is 0 Å². The maximum Gasteiger partial charge on any atom is 0.153 e. The van der Waals surface area contributed by atoms with Crippen LogP contribution in [0.15, 0.2) is 24.3 Å². The van der Waals surface area contributed by atoms with Crippen molar-refractivity contribution in [3.63, 3.8) is 0 Å². The third-order valence-corrected chi connectivity index (χ3v) is 5.71. The van der Waals surface area contributed by atoms with Crippen LogP contribution in [0.5, 0.6) is 0 Å². The van der Waals surface area contributed by atoms with Gasteiger partial charge in [0.05, 0.1) is 28.1 Å². The molecule has 1 aliphatic heterocycles. The van der Waals surface area contributed by atoms with Crippen LogP contribution in [0.25, 0.3) is 11.0 Å². The summed E-state index contributed by atoms with van der Waals surface area (Å²) < 4.78 is 25.2. The maximum absolute atomic E-state index is 11.6. The zero-order valence-corrected chi connectivity index (χ0v) is 12.2. The van der Waals surface area contributed by atoms with Gasteiger partial charge in [-0.15, -0.1) is 0 Å². The van der Waals surface area contributed by atoms with Crippen molar-refractivity contribution in [1.82, 2.24) is 9.55 Å². The van der Waals surface area contributed by atoms with E-state index in [0.717, 1.165) is 23.4 Å². The molecule has 1 aromatic carbocycles. The number of aromatic nitrogens is 2. The van der Waals surface area contributed by atoms with Gasteiger partial charge in [-0.25, -0.2) is 13.4 Å². The number of rotatable bonds is 3. The van der Waals surface area contributed by atoms with E-state index in [9.17, 15) is 13.5 Å². The van der Waals surface area contributed by atoms with E-state index >= 15 is 0 Å². The van der Waals surface area contributed by atoms with Crippen molar-refractivity contribution >= 4 is 20.9 Å². The topological polar surface area (TPSA) is 72.2 Å². The van der Waals surface area contributed by atoms with Crippen LogP contribution in [0.2, 0.25) is 0 Å². The van der Waals surface area contributed by atoms with Gasteiger partial charge >= 0.3 is 0 Å². The Kier molecular flexibility index (Phi) is 3.10. The molecule has 0 aliphatic carbocycles. The SMILES string of the molecule is CCn1c(CC2(O)CCS(=O)(=O)C2)nc2ccccc21. The predicted octanol–water partition coefficient (Wildman–Crippen LogP) is 1.15. The Hall–Kier alpha value is -1.40. The van der Waals surface area contributed by atoms with Crippen molar-refractivity contribution in [1.29, 1.82) is 0 Å². The molecule has 5 nitrogen and oxygen atoms in total. The molecule has 108 valence electrons. The molecule has 1 saturated heterocycles. The molecule has 2 aromatic rings. The molecule has 3 rings (SSSR count). The summed E-state index contributed by atoms with van der Waals surface area (Å²) in [6.07, 6.45) is 0.580. The molecule has 1 aromatic heterocycles. The summed E-state index contributed by atoms with van der Waals surface area (Å²) >= 11 is 0. The van der Waals surface area contributed by atoms with Gasteiger partial charge < -0.3 is 9.67 Å². The molecule has 1 atom stereocenters. The van der Waals surface area contributed by atoms with E-state index in [4.69, 9.17) is 0 Å². The third kappa shape index (κ3) is 2.33. The molecule has 1 fully saturated rings. The van der Waals surface area contributed by atoms with Crippen molar-refractivity contribution in [2.24, 2.45) is 0 Å². The van der Waals surface area contributed by atoms with Crippen molar-refractivity contribution in [3.05, 3.63) is 30.1 Å². The fourth-order valence-electron chi connectivity index (χ4n) is 2.95. The summed E-state index contributed by atoms with van der Waals surface area (Å²) in [4.78, 5) is 4.55. The highest BCUT2D eigenvalue weighted by molar-refractivity contribution is 7.91. The van der Waals surface area contributed by atoms with Gasteiger partial charge in [0.25, 0.3) is 0 Å². The van der Waals surface area contributed by atoms with Gasteiger partial charge in [0.15, 0.2) is 9.84 Å². The Balaban J connectivity index is 1.99. The van der Waals surface area contributed by atoms with Gasteiger partial charge in [0.1, 0.15) is 5.82 Å². The fourth-order valence-corrected chi connectivity index (χ4v) is 4.85. The first kappa shape index (κ1) is 13.6. The van der Waals surface area contributed by atoms with Gasteiger partial charge in [0.2, 0.25) is 0 Å². The van der Waals surface area contributed by atoms with Gasteiger partial charge in [-0.3, -0.25) is 0 Å². The number of benzene rings is 1. The van der Waals surface area contributed by atoms with Gasteiger partial charge in [-0.2, -0.15) is 0 Å². The second-order valence-corrected chi connectivity index (χ2v) is 7.69. The van der Waals surface area contributed by atoms with Crippen LogP contribution in [0.1, 0.15) is 19.2 Å². The zero-order chi connectivity index (χ0) is 14.4. The van der Waals surface area contributed by atoms with Crippen LogP contribution in [0.3, 0.4) is 0 Å². The Morgan fingerprint density at radius 2 is 2.15 bits per heavy atom. The highest BCUT2D eigenvalue weighted by Gasteiger charge is 2.41. The molecule has 6 heteroatoms. The number of fused-ring (bicyclic) bond motifs is 1. The van der Waals surface area contributed by atoms with E-state index in [-0.39, 0.29) is 17.9 Å². The van der Waals surface area contributed by atoms with Crippen LogP contribution >= 0.6 is 0 Å². The molecule has 1 aliphatic rings. The molecule has 0 bridgehead atoms. The second-order valence-electron chi connectivity index (χ2n) is 5.50. The quantitative estimate of drug-likeness (QED) is 0.921. The average Bonchev–Trinajstić information content (AvgIpc) is 2.86. The molecule has 2 heterocycles. The van der Waals surface area contributed by atoms with E-state index in [1.807, 2.05) is 35.8 Å². The smallest absolute Gasteiger partial charge is 0.153 e. The minimum absolute atomic E-state index is 0.0653. The van der Waals surface area contributed by atoms with Crippen molar-refractivity contribution in [2.45, 2.75) is 31.9 Å². The predicted molar refractivity (Wildman–Crippen MR) is 77.3 cm³/mol. The van der Waals surface area contributed by atoms with Crippen LogP contribution in [-0.4, -0.2) is 40.2 Å². The highest BCUT2D eigenvalue weighted by atomic mass is 32.2. The lowest BCUT2D eigenvalue weighted by Gasteiger charge is -2.20. The first-order chi connectivity index (χ1) is 9.42. The van der Waals surface area contributed by atoms with Gasteiger partial charge in [-0.05, 0) is 25.5 Å². The monoisotopic (exact) mass is 294 g/mol. The Morgan fingerprint density at radius 1 is 1.40 bits per heavy atom.